The van der Waals surface area contributed by atoms with Gasteiger partial charge in [-0.15, -0.1) is 0 Å². The van der Waals surface area contributed by atoms with E-state index in [0.29, 0.717) is 0 Å². The zero-order chi connectivity index (χ0) is 15.8. The van der Waals surface area contributed by atoms with Crippen molar-refractivity contribution < 1.29 is 0 Å². The summed E-state index contributed by atoms with van der Waals surface area (Å²) >= 11 is 1.41. The molecule has 1 aliphatic carbocycles. The van der Waals surface area contributed by atoms with Crippen LogP contribution < -0.4 is 4.87 Å². The molecule has 5 rings (SSSR count). The van der Waals surface area contributed by atoms with Crippen LogP contribution in [0, 0.1) is 5.92 Å². The van der Waals surface area contributed by atoms with Crippen molar-refractivity contribution in [1.29, 1.82) is 0 Å². The summed E-state index contributed by atoms with van der Waals surface area (Å²) in [4.78, 5) is 15.2. The van der Waals surface area contributed by atoms with Crippen molar-refractivity contribution >= 4 is 21.6 Å². The molecular weight excluding hydrogens is 304 g/mol. The second-order valence-electron chi connectivity index (χ2n) is 7.24. The van der Waals surface area contributed by atoms with Gasteiger partial charge in [0.1, 0.15) is 0 Å². The first-order chi connectivity index (χ1) is 11.2. The van der Waals surface area contributed by atoms with E-state index in [0.717, 1.165) is 48.1 Å². The number of hydrogen-bond acceptors (Lipinski definition) is 3. The maximum absolute atomic E-state index is 12.4. The van der Waals surface area contributed by atoms with Crippen LogP contribution in [0.5, 0.6) is 0 Å². The van der Waals surface area contributed by atoms with Gasteiger partial charge in [0.2, 0.25) is 0 Å². The van der Waals surface area contributed by atoms with Gasteiger partial charge in [-0.1, -0.05) is 30.7 Å². The quantitative estimate of drug-likeness (QED) is 0.831. The Morgan fingerprint density at radius 2 is 2.00 bits per heavy atom. The van der Waals surface area contributed by atoms with Crippen molar-refractivity contribution in [3.05, 3.63) is 33.4 Å². The van der Waals surface area contributed by atoms with Crippen LogP contribution in [0.25, 0.3) is 10.2 Å². The predicted octanol–water partition coefficient (Wildman–Crippen LogP) is 3.89. The third-order valence-corrected chi connectivity index (χ3v) is 6.65. The molecule has 2 aliphatic heterocycles. The fourth-order valence-electron chi connectivity index (χ4n) is 4.44. The summed E-state index contributed by atoms with van der Waals surface area (Å²) in [6.45, 7) is 5.32. The normalized spacial score (nSPS) is 24.6. The Morgan fingerprint density at radius 1 is 1.17 bits per heavy atom. The second kappa shape index (κ2) is 6.40. The van der Waals surface area contributed by atoms with Gasteiger partial charge in [0.25, 0.3) is 0 Å². The third-order valence-electron chi connectivity index (χ3n) is 5.71. The number of benzene rings is 1. The Kier molecular flexibility index (Phi) is 4.29. The van der Waals surface area contributed by atoms with E-state index in [9.17, 15) is 4.79 Å². The number of aryl methyl sites for hydroxylation is 1. The SMILES string of the molecule is CCCc1ccc2c(c1)sc(=O)n2CCN1CC2CCC1CC2. The minimum absolute atomic E-state index is 0.204. The summed E-state index contributed by atoms with van der Waals surface area (Å²) in [6, 6.07) is 7.33. The number of piperidine rings is 2. The van der Waals surface area contributed by atoms with E-state index in [1.165, 1.54) is 49.1 Å². The Morgan fingerprint density at radius 3 is 2.70 bits per heavy atom. The molecule has 1 aromatic carbocycles. The van der Waals surface area contributed by atoms with Crippen molar-refractivity contribution in [2.75, 3.05) is 13.1 Å². The number of thiazole rings is 1. The summed E-state index contributed by atoms with van der Waals surface area (Å²) in [5.74, 6) is 0.910. The fraction of sp³-hybridized carbons (Fsp3) is 0.632. The van der Waals surface area contributed by atoms with Gasteiger partial charge in [-0.3, -0.25) is 14.3 Å². The van der Waals surface area contributed by atoms with Crippen molar-refractivity contribution in [1.82, 2.24) is 9.47 Å². The van der Waals surface area contributed by atoms with Crippen molar-refractivity contribution in [3.8, 4) is 0 Å². The fourth-order valence-corrected chi connectivity index (χ4v) is 5.42. The number of rotatable bonds is 5. The van der Waals surface area contributed by atoms with E-state index in [4.69, 9.17) is 0 Å². The molecule has 2 bridgehead atoms. The van der Waals surface area contributed by atoms with Crippen LogP contribution in [-0.2, 0) is 13.0 Å². The van der Waals surface area contributed by atoms with Gasteiger partial charge in [0.15, 0.2) is 0 Å². The maximum atomic E-state index is 12.4. The van der Waals surface area contributed by atoms with Crippen LogP contribution in [0.15, 0.2) is 23.0 Å². The molecule has 0 N–H and O–H groups in total. The number of nitrogens with zero attached hydrogens (tertiary/aromatic N) is 2. The first-order valence-electron chi connectivity index (χ1n) is 9.11. The van der Waals surface area contributed by atoms with Gasteiger partial charge >= 0.3 is 4.87 Å². The van der Waals surface area contributed by atoms with E-state index in [1.54, 1.807) is 0 Å². The zero-order valence-corrected chi connectivity index (χ0v) is 14.8. The van der Waals surface area contributed by atoms with E-state index in [1.807, 2.05) is 4.57 Å². The first-order valence-corrected chi connectivity index (χ1v) is 9.92. The lowest BCUT2D eigenvalue weighted by molar-refractivity contribution is 0.0465. The second-order valence-corrected chi connectivity index (χ2v) is 8.23. The summed E-state index contributed by atoms with van der Waals surface area (Å²) in [6.07, 6.45) is 7.82. The average Bonchev–Trinajstić information content (AvgIpc) is 2.89. The number of hydrogen-bond donors (Lipinski definition) is 0. The lowest BCUT2D eigenvalue weighted by Crippen LogP contribution is -2.49. The standard InChI is InChI=1S/C19H26N2OS/c1-2-3-14-6-9-17-18(12-14)23-19(22)21(17)11-10-20-13-15-4-7-16(20)8-5-15/h6,9,12,15-16H,2-5,7-8,10-11,13H2,1H3. The van der Waals surface area contributed by atoms with Gasteiger partial charge in [-0.2, -0.15) is 0 Å². The van der Waals surface area contributed by atoms with Gasteiger partial charge in [-0.25, -0.2) is 0 Å². The third kappa shape index (κ3) is 2.99. The number of aromatic nitrogens is 1. The van der Waals surface area contributed by atoms with E-state index in [2.05, 4.69) is 30.0 Å². The molecule has 124 valence electrons. The van der Waals surface area contributed by atoms with Crippen LogP contribution in [-0.4, -0.2) is 28.6 Å². The minimum atomic E-state index is 0.204. The molecule has 0 atom stereocenters. The molecule has 1 saturated carbocycles. The maximum Gasteiger partial charge on any atom is 0.308 e. The molecule has 2 aromatic rings. The van der Waals surface area contributed by atoms with Gasteiger partial charge < -0.3 is 0 Å². The summed E-state index contributed by atoms with van der Waals surface area (Å²) in [5, 5.41) is 0. The molecular formula is C19H26N2OS. The van der Waals surface area contributed by atoms with Crippen LogP contribution >= 0.6 is 11.3 Å². The minimum Gasteiger partial charge on any atom is -0.298 e. The van der Waals surface area contributed by atoms with Gasteiger partial charge in [0, 0.05) is 25.7 Å². The predicted molar refractivity (Wildman–Crippen MR) is 97.4 cm³/mol. The van der Waals surface area contributed by atoms with Crippen LogP contribution in [0.3, 0.4) is 0 Å². The smallest absolute Gasteiger partial charge is 0.298 e. The molecule has 0 radical (unpaired) electrons. The van der Waals surface area contributed by atoms with Crippen LogP contribution in [0.4, 0.5) is 0 Å². The lowest BCUT2D eigenvalue weighted by atomic mass is 9.80. The Balaban J connectivity index is 1.52. The monoisotopic (exact) mass is 330 g/mol. The van der Waals surface area contributed by atoms with Crippen LogP contribution in [0.1, 0.15) is 44.6 Å². The summed E-state index contributed by atoms with van der Waals surface area (Å²) in [7, 11) is 0. The number of fused-ring (bicyclic) bond motifs is 4. The molecule has 0 unspecified atom stereocenters. The highest BCUT2D eigenvalue weighted by atomic mass is 32.1. The molecule has 4 heteroatoms. The first kappa shape index (κ1) is 15.4. The average molecular weight is 330 g/mol. The molecule has 3 aliphatic rings. The highest BCUT2D eigenvalue weighted by Gasteiger charge is 2.33. The van der Waals surface area contributed by atoms with Gasteiger partial charge in [-0.05, 0) is 55.7 Å². The molecule has 3 heterocycles. The summed E-state index contributed by atoms with van der Waals surface area (Å²) in [5.41, 5.74) is 2.48. The molecule has 3 fully saturated rings. The molecule has 3 nitrogen and oxygen atoms in total. The Labute approximate surface area is 141 Å². The zero-order valence-electron chi connectivity index (χ0n) is 14.0. The molecule has 1 aromatic heterocycles. The Hall–Kier alpha value is -1.13. The van der Waals surface area contributed by atoms with E-state index >= 15 is 0 Å². The van der Waals surface area contributed by atoms with E-state index < -0.39 is 0 Å². The van der Waals surface area contributed by atoms with Crippen molar-refractivity contribution in [2.24, 2.45) is 5.92 Å². The summed E-state index contributed by atoms with van der Waals surface area (Å²) < 4.78 is 3.15. The molecule has 2 saturated heterocycles. The highest BCUT2D eigenvalue weighted by molar-refractivity contribution is 7.16. The Bertz CT molecular complexity index is 739. The lowest BCUT2D eigenvalue weighted by Gasteiger charge is -2.45. The van der Waals surface area contributed by atoms with Crippen molar-refractivity contribution in [3.63, 3.8) is 0 Å². The topological polar surface area (TPSA) is 25.2 Å². The van der Waals surface area contributed by atoms with Crippen molar-refractivity contribution in [2.45, 2.75) is 58.0 Å². The molecule has 23 heavy (non-hydrogen) atoms. The van der Waals surface area contributed by atoms with Crippen LogP contribution in [0.2, 0.25) is 0 Å². The largest absolute Gasteiger partial charge is 0.308 e. The highest BCUT2D eigenvalue weighted by Crippen LogP contribution is 2.34. The van der Waals surface area contributed by atoms with E-state index in [-0.39, 0.29) is 4.87 Å². The molecule has 0 amide bonds. The van der Waals surface area contributed by atoms with Gasteiger partial charge in [0.05, 0.1) is 10.2 Å². The molecule has 0 spiro atoms.